The number of benzene rings is 1. The van der Waals surface area contributed by atoms with Crippen LogP contribution in [0.4, 0.5) is 5.95 Å². The molecule has 0 spiro atoms. The number of rotatable bonds is 5. The predicted molar refractivity (Wildman–Crippen MR) is 89.7 cm³/mol. The van der Waals surface area contributed by atoms with Crippen LogP contribution < -0.4 is 15.6 Å². The second-order valence-corrected chi connectivity index (χ2v) is 5.46. The number of aromatic nitrogens is 3. The lowest BCUT2D eigenvalue weighted by Crippen LogP contribution is -2.13. The molecule has 0 aliphatic carbocycles. The molecular formula is C17H18N4O2. The summed E-state index contributed by atoms with van der Waals surface area (Å²) in [5.41, 5.74) is 1.48. The quantitative estimate of drug-likeness (QED) is 0.757. The van der Waals surface area contributed by atoms with Gasteiger partial charge in [0.25, 0.3) is 5.56 Å². The Bertz CT molecular complexity index is 856. The van der Waals surface area contributed by atoms with Crippen LogP contribution in [0, 0.1) is 0 Å². The van der Waals surface area contributed by atoms with Gasteiger partial charge in [-0.3, -0.25) is 9.78 Å². The molecule has 0 aliphatic heterocycles. The minimum absolute atomic E-state index is 0.0957. The van der Waals surface area contributed by atoms with Crippen molar-refractivity contribution < 1.29 is 4.74 Å². The number of ether oxygens (including phenoxy) is 1. The van der Waals surface area contributed by atoms with Crippen molar-refractivity contribution in [2.75, 3.05) is 5.32 Å². The molecule has 2 aromatic heterocycles. The van der Waals surface area contributed by atoms with Crippen LogP contribution in [0.25, 0.3) is 10.9 Å². The molecule has 6 heteroatoms. The number of hydrogen-bond donors (Lipinski definition) is 2. The van der Waals surface area contributed by atoms with Gasteiger partial charge < -0.3 is 10.1 Å². The normalized spacial score (nSPS) is 10.9. The second-order valence-electron chi connectivity index (χ2n) is 5.46. The van der Waals surface area contributed by atoms with Crippen LogP contribution >= 0.6 is 0 Å². The Balaban J connectivity index is 1.72. The molecule has 6 nitrogen and oxygen atoms in total. The van der Waals surface area contributed by atoms with E-state index in [9.17, 15) is 4.79 Å². The molecule has 0 amide bonds. The number of pyridine rings is 1. The van der Waals surface area contributed by atoms with E-state index in [0.29, 0.717) is 29.3 Å². The zero-order chi connectivity index (χ0) is 16.2. The molecule has 0 unspecified atom stereocenters. The van der Waals surface area contributed by atoms with Gasteiger partial charge >= 0.3 is 0 Å². The predicted octanol–water partition coefficient (Wildman–Crippen LogP) is 2.72. The van der Waals surface area contributed by atoms with E-state index in [0.717, 1.165) is 5.56 Å². The monoisotopic (exact) mass is 310 g/mol. The lowest BCUT2D eigenvalue weighted by molar-refractivity contribution is 0.232. The van der Waals surface area contributed by atoms with Crippen molar-refractivity contribution in [3.63, 3.8) is 0 Å². The number of aromatic amines is 1. The molecule has 0 fully saturated rings. The number of nitrogens with one attached hydrogen (secondary N) is 2. The molecule has 0 aliphatic rings. The van der Waals surface area contributed by atoms with E-state index in [2.05, 4.69) is 20.3 Å². The Morgan fingerprint density at radius 3 is 2.78 bits per heavy atom. The van der Waals surface area contributed by atoms with Crippen LogP contribution in [0.5, 0.6) is 5.88 Å². The molecule has 0 saturated heterocycles. The zero-order valence-electron chi connectivity index (χ0n) is 13.0. The molecule has 0 atom stereocenters. The number of fused-ring (bicyclic) bond motifs is 1. The van der Waals surface area contributed by atoms with E-state index in [1.165, 1.54) is 0 Å². The van der Waals surface area contributed by atoms with E-state index < -0.39 is 0 Å². The van der Waals surface area contributed by atoms with E-state index >= 15 is 0 Å². The summed E-state index contributed by atoms with van der Waals surface area (Å²) in [4.78, 5) is 23.4. The van der Waals surface area contributed by atoms with Crippen LogP contribution in [-0.2, 0) is 6.54 Å². The number of hydrogen-bond acceptors (Lipinski definition) is 5. The van der Waals surface area contributed by atoms with E-state index in [1.807, 2.05) is 44.2 Å². The molecule has 2 N–H and O–H groups in total. The molecule has 1 aromatic carbocycles. The average molecular weight is 310 g/mol. The topological polar surface area (TPSA) is 79.9 Å². The first-order valence-corrected chi connectivity index (χ1v) is 7.46. The maximum atomic E-state index is 12.0. The summed E-state index contributed by atoms with van der Waals surface area (Å²) in [5.74, 6) is 1.04. The van der Waals surface area contributed by atoms with Crippen molar-refractivity contribution >= 4 is 16.9 Å². The van der Waals surface area contributed by atoms with Gasteiger partial charge in [-0.15, -0.1) is 0 Å². The molecule has 0 bridgehead atoms. The van der Waals surface area contributed by atoms with Crippen LogP contribution in [0.2, 0.25) is 0 Å². The average Bonchev–Trinajstić information content (AvgIpc) is 2.54. The summed E-state index contributed by atoms with van der Waals surface area (Å²) in [5, 5.41) is 3.69. The highest BCUT2D eigenvalue weighted by molar-refractivity contribution is 5.78. The maximum Gasteiger partial charge on any atom is 0.260 e. The molecule has 2 heterocycles. The van der Waals surface area contributed by atoms with Gasteiger partial charge in [-0.2, -0.15) is 0 Å². The molecule has 0 saturated carbocycles. The highest BCUT2D eigenvalue weighted by Gasteiger charge is 2.04. The molecule has 3 aromatic rings. The summed E-state index contributed by atoms with van der Waals surface area (Å²) in [7, 11) is 0. The third-order valence-corrected chi connectivity index (χ3v) is 3.23. The van der Waals surface area contributed by atoms with Crippen molar-refractivity contribution in [3.8, 4) is 5.88 Å². The maximum absolute atomic E-state index is 12.0. The summed E-state index contributed by atoms with van der Waals surface area (Å²) in [6, 6.07) is 11.0. The van der Waals surface area contributed by atoms with Gasteiger partial charge in [-0.1, -0.05) is 18.2 Å². The summed E-state index contributed by atoms with van der Waals surface area (Å²) < 4.78 is 5.50. The SMILES string of the molecule is CC(C)Oc1ccc(CNc2nc3ccccc3c(=O)[nH]2)cn1. The lowest BCUT2D eigenvalue weighted by atomic mass is 10.2. The van der Waals surface area contributed by atoms with Crippen LogP contribution in [0.15, 0.2) is 47.4 Å². The number of anilines is 1. The Labute approximate surface area is 133 Å². The zero-order valence-corrected chi connectivity index (χ0v) is 13.0. The Morgan fingerprint density at radius 1 is 1.22 bits per heavy atom. The van der Waals surface area contributed by atoms with Crippen molar-refractivity contribution in [3.05, 3.63) is 58.5 Å². The van der Waals surface area contributed by atoms with Crippen molar-refractivity contribution in [1.29, 1.82) is 0 Å². The second kappa shape index (κ2) is 6.48. The molecule has 23 heavy (non-hydrogen) atoms. The van der Waals surface area contributed by atoms with Gasteiger partial charge in [0, 0.05) is 18.8 Å². The number of H-pyrrole nitrogens is 1. The standard InChI is InChI=1S/C17H18N4O2/c1-11(2)23-15-8-7-12(9-18-15)10-19-17-20-14-6-4-3-5-13(14)16(22)21-17/h3-9,11H,10H2,1-2H3,(H2,19,20,21,22). The fourth-order valence-electron chi connectivity index (χ4n) is 2.18. The van der Waals surface area contributed by atoms with Crippen molar-refractivity contribution in [2.45, 2.75) is 26.5 Å². The van der Waals surface area contributed by atoms with Gasteiger partial charge in [0.15, 0.2) is 0 Å². The van der Waals surface area contributed by atoms with E-state index in [-0.39, 0.29) is 11.7 Å². The number of para-hydroxylation sites is 1. The first kappa shape index (κ1) is 15.0. The van der Waals surface area contributed by atoms with E-state index in [1.54, 1.807) is 12.3 Å². The summed E-state index contributed by atoms with van der Waals surface area (Å²) in [6.45, 7) is 4.42. The molecular weight excluding hydrogens is 292 g/mol. The Hall–Kier alpha value is -2.89. The van der Waals surface area contributed by atoms with Gasteiger partial charge in [-0.05, 0) is 31.5 Å². The number of nitrogens with zero attached hydrogens (tertiary/aromatic N) is 2. The highest BCUT2D eigenvalue weighted by Crippen LogP contribution is 2.11. The third-order valence-electron chi connectivity index (χ3n) is 3.23. The first-order chi connectivity index (χ1) is 11.1. The molecule has 0 radical (unpaired) electrons. The van der Waals surface area contributed by atoms with Gasteiger partial charge in [0.2, 0.25) is 11.8 Å². The largest absolute Gasteiger partial charge is 0.475 e. The smallest absolute Gasteiger partial charge is 0.260 e. The third kappa shape index (κ3) is 3.66. The van der Waals surface area contributed by atoms with Crippen LogP contribution in [0.1, 0.15) is 19.4 Å². The van der Waals surface area contributed by atoms with Gasteiger partial charge in [0.05, 0.1) is 17.0 Å². The molecule has 118 valence electrons. The lowest BCUT2D eigenvalue weighted by Gasteiger charge is -2.09. The van der Waals surface area contributed by atoms with Crippen molar-refractivity contribution in [1.82, 2.24) is 15.0 Å². The summed E-state index contributed by atoms with van der Waals surface area (Å²) >= 11 is 0. The minimum atomic E-state index is -0.156. The van der Waals surface area contributed by atoms with E-state index in [4.69, 9.17) is 4.74 Å². The van der Waals surface area contributed by atoms with Gasteiger partial charge in [-0.25, -0.2) is 9.97 Å². The fourth-order valence-corrected chi connectivity index (χ4v) is 2.18. The minimum Gasteiger partial charge on any atom is -0.475 e. The highest BCUT2D eigenvalue weighted by atomic mass is 16.5. The Kier molecular flexibility index (Phi) is 4.23. The first-order valence-electron chi connectivity index (χ1n) is 7.46. The van der Waals surface area contributed by atoms with Crippen LogP contribution in [-0.4, -0.2) is 21.1 Å². The molecule has 3 rings (SSSR count). The van der Waals surface area contributed by atoms with Crippen molar-refractivity contribution in [2.24, 2.45) is 0 Å². The fraction of sp³-hybridized carbons (Fsp3) is 0.235. The van der Waals surface area contributed by atoms with Gasteiger partial charge in [0.1, 0.15) is 0 Å². The Morgan fingerprint density at radius 2 is 2.04 bits per heavy atom. The summed E-state index contributed by atoms with van der Waals surface area (Å²) in [6.07, 6.45) is 1.84. The van der Waals surface area contributed by atoms with Crippen LogP contribution in [0.3, 0.4) is 0 Å².